The number of pyridine rings is 1. The van der Waals surface area contributed by atoms with Gasteiger partial charge in [-0.25, -0.2) is 4.79 Å². The minimum absolute atomic E-state index is 0.148. The fourth-order valence-corrected chi connectivity index (χ4v) is 6.52. The number of hydrogen-bond acceptors (Lipinski definition) is 6. The van der Waals surface area contributed by atoms with E-state index in [-0.39, 0.29) is 18.2 Å². The third kappa shape index (κ3) is 9.00. The Balaban J connectivity index is 1.44. The predicted octanol–water partition coefficient (Wildman–Crippen LogP) is 2.76. The molecule has 2 saturated carbocycles. The molecular formula is C32H48N6O5. The largest absolute Gasteiger partial charge is 0.363 e. The van der Waals surface area contributed by atoms with Crippen LogP contribution >= 0.6 is 0 Å². The Kier molecular flexibility index (Phi) is 10.4. The first kappa shape index (κ1) is 32.4. The number of urea groups is 1. The summed E-state index contributed by atoms with van der Waals surface area (Å²) in [5, 5.41) is 9.14. The van der Waals surface area contributed by atoms with Crippen molar-refractivity contribution in [2.75, 3.05) is 6.54 Å². The van der Waals surface area contributed by atoms with Crippen LogP contribution < -0.4 is 21.7 Å². The van der Waals surface area contributed by atoms with Gasteiger partial charge in [-0.2, -0.15) is 0 Å². The van der Waals surface area contributed by atoms with Gasteiger partial charge in [0.1, 0.15) is 12.1 Å². The second-order valence-corrected chi connectivity index (χ2v) is 13.8. The van der Waals surface area contributed by atoms with E-state index in [0.717, 1.165) is 50.6 Å². The fraction of sp³-hybridized carbons (Fsp3) is 0.688. The Labute approximate surface area is 254 Å². The standard InChI is InChI=1S/C32H48N6O5/c1-31(2,3)26(36-30(43)37-32(14-6-4-7-15-32)20-22-10-5-8-16-34-22)29(42)38-17-9-11-24(38)28(41)35-23(18-21-12-13-21)19-25(39)27(33)40/h5,8,10,16,21,23-24,26H,4,6-7,9,11-15,17-20H2,1-3H3,(H2,33,40)(H,35,41)(H2,36,37,43). The topological polar surface area (TPSA) is 164 Å². The molecule has 3 aliphatic rings. The van der Waals surface area contributed by atoms with E-state index in [2.05, 4.69) is 20.9 Å². The summed E-state index contributed by atoms with van der Waals surface area (Å²) in [6, 6.07) is 3.29. The van der Waals surface area contributed by atoms with Gasteiger partial charge in [-0.05, 0) is 55.6 Å². The van der Waals surface area contributed by atoms with Gasteiger partial charge < -0.3 is 26.6 Å². The molecule has 0 spiro atoms. The molecule has 5 N–H and O–H groups in total. The number of nitrogens with zero attached hydrogens (tertiary/aromatic N) is 2. The van der Waals surface area contributed by atoms with Crippen molar-refractivity contribution in [1.29, 1.82) is 0 Å². The molecule has 3 fully saturated rings. The lowest BCUT2D eigenvalue weighted by Crippen LogP contribution is -2.62. The molecule has 4 rings (SSSR count). The molecular weight excluding hydrogens is 548 g/mol. The minimum Gasteiger partial charge on any atom is -0.363 e. The number of Topliss-reactive ketones (excluding diaryl/α,β-unsaturated/α-hetero) is 1. The second kappa shape index (κ2) is 13.9. The predicted molar refractivity (Wildman–Crippen MR) is 161 cm³/mol. The molecule has 1 aromatic heterocycles. The average Bonchev–Trinajstić information content (AvgIpc) is 3.62. The summed E-state index contributed by atoms with van der Waals surface area (Å²) in [4.78, 5) is 70.5. The normalized spacial score (nSPS) is 21.4. The van der Waals surface area contributed by atoms with Crippen LogP contribution in [0.15, 0.2) is 24.4 Å². The molecule has 0 aromatic carbocycles. The highest BCUT2D eigenvalue weighted by atomic mass is 16.2. The number of primary amides is 1. The van der Waals surface area contributed by atoms with E-state index in [1.165, 1.54) is 0 Å². The number of likely N-dealkylation sites (tertiary alicyclic amines) is 1. The van der Waals surface area contributed by atoms with Gasteiger partial charge in [0.05, 0.1) is 0 Å². The van der Waals surface area contributed by atoms with Gasteiger partial charge in [0.2, 0.25) is 17.6 Å². The smallest absolute Gasteiger partial charge is 0.315 e. The molecule has 2 heterocycles. The Morgan fingerprint density at radius 3 is 2.35 bits per heavy atom. The summed E-state index contributed by atoms with van der Waals surface area (Å²) >= 11 is 0. The summed E-state index contributed by atoms with van der Waals surface area (Å²) in [5.41, 5.74) is 5.01. The average molecular weight is 597 g/mol. The van der Waals surface area contributed by atoms with Crippen LogP contribution in [0.1, 0.15) is 97.1 Å². The van der Waals surface area contributed by atoms with Crippen LogP contribution in [0.3, 0.4) is 0 Å². The van der Waals surface area contributed by atoms with Gasteiger partial charge in [-0.1, -0.05) is 58.9 Å². The lowest BCUT2D eigenvalue weighted by atomic mass is 9.78. The molecule has 0 radical (unpaired) electrons. The first-order valence-electron chi connectivity index (χ1n) is 15.8. The Bertz CT molecular complexity index is 1170. The van der Waals surface area contributed by atoms with E-state index < -0.39 is 46.8 Å². The van der Waals surface area contributed by atoms with Crippen molar-refractivity contribution in [3.05, 3.63) is 30.1 Å². The van der Waals surface area contributed by atoms with Gasteiger partial charge in [0, 0.05) is 42.9 Å². The van der Waals surface area contributed by atoms with E-state index in [1.54, 1.807) is 11.1 Å². The molecule has 3 unspecified atom stereocenters. The monoisotopic (exact) mass is 596 g/mol. The molecule has 43 heavy (non-hydrogen) atoms. The molecule has 1 saturated heterocycles. The van der Waals surface area contributed by atoms with Gasteiger partial charge in [-0.3, -0.25) is 24.2 Å². The summed E-state index contributed by atoms with van der Waals surface area (Å²) in [6.07, 6.45) is 10.8. The second-order valence-electron chi connectivity index (χ2n) is 13.8. The lowest BCUT2D eigenvalue weighted by molar-refractivity contribution is -0.142. The minimum atomic E-state index is -1.01. The van der Waals surface area contributed by atoms with Crippen molar-refractivity contribution in [3.8, 4) is 0 Å². The van der Waals surface area contributed by atoms with Crippen LogP contribution in [0.4, 0.5) is 4.79 Å². The molecule has 1 aromatic rings. The fourth-order valence-electron chi connectivity index (χ4n) is 6.52. The zero-order valence-corrected chi connectivity index (χ0v) is 25.8. The molecule has 0 bridgehead atoms. The van der Waals surface area contributed by atoms with E-state index in [1.807, 2.05) is 39.0 Å². The molecule has 2 aliphatic carbocycles. The number of aromatic nitrogens is 1. The number of nitrogens with two attached hydrogens (primary N) is 1. The maximum absolute atomic E-state index is 14.0. The number of amides is 5. The lowest BCUT2D eigenvalue weighted by Gasteiger charge is -2.40. The van der Waals surface area contributed by atoms with Crippen LogP contribution in [0.5, 0.6) is 0 Å². The Hall–Kier alpha value is -3.50. The van der Waals surface area contributed by atoms with Crippen LogP contribution in [-0.4, -0.2) is 69.6 Å². The van der Waals surface area contributed by atoms with Crippen molar-refractivity contribution in [2.24, 2.45) is 17.1 Å². The molecule has 5 amide bonds. The van der Waals surface area contributed by atoms with E-state index in [9.17, 15) is 24.0 Å². The van der Waals surface area contributed by atoms with Crippen LogP contribution in [0, 0.1) is 11.3 Å². The molecule has 3 atom stereocenters. The number of carbonyl (C=O) groups is 5. The number of carbonyl (C=O) groups excluding carboxylic acids is 5. The summed E-state index contributed by atoms with van der Waals surface area (Å²) in [5.74, 6) is -1.98. The number of nitrogens with one attached hydrogen (secondary N) is 3. The van der Waals surface area contributed by atoms with Gasteiger partial charge in [0.25, 0.3) is 5.91 Å². The highest BCUT2D eigenvalue weighted by molar-refractivity contribution is 6.35. The quantitative estimate of drug-likeness (QED) is 0.271. The van der Waals surface area contributed by atoms with Crippen LogP contribution in [0.2, 0.25) is 0 Å². The summed E-state index contributed by atoms with van der Waals surface area (Å²) < 4.78 is 0. The summed E-state index contributed by atoms with van der Waals surface area (Å²) in [7, 11) is 0. The van der Waals surface area contributed by atoms with Gasteiger partial charge >= 0.3 is 6.03 Å². The third-order valence-electron chi connectivity index (χ3n) is 9.03. The van der Waals surface area contributed by atoms with Crippen LogP contribution in [-0.2, 0) is 25.6 Å². The number of ketones is 1. The Morgan fingerprint density at radius 2 is 1.74 bits per heavy atom. The molecule has 11 heteroatoms. The first-order chi connectivity index (χ1) is 20.4. The van der Waals surface area contributed by atoms with Crippen molar-refractivity contribution in [2.45, 2.75) is 121 Å². The molecule has 236 valence electrons. The number of hydrogen-bond donors (Lipinski definition) is 4. The highest BCUT2D eigenvalue weighted by Gasteiger charge is 2.43. The highest BCUT2D eigenvalue weighted by Crippen LogP contribution is 2.35. The third-order valence-corrected chi connectivity index (χ3v) is 9.03. The zero-order valence-electron chi connectivity index (χ0n) is 25.8. The molecule has 11 nitrogen and oxygen atoms in total. The summed E-state index contributed by atoms with van der Waals surface area (Å²) in [6.45, 7) is 6.08. The van der Waals surface area contributed by atoms with Gasteiger partial charge in [-0.15, -0.1) is 0 Å². The maximum Gasteiger partial charge on any atom is 0.315 e. The number of rotatable bonds is 12. The van der Waals surface area contributed by atoms with Crippen molar-refractivity contribution < 1.29 is 24.0 Å². The SMILES string of the molecule is CC(C)(C)C(NC(=O)NC1(Cc2ccccn2)CCCCC1)C(=O)N1CCCC1C(=O)NC(CC(=O)C(N)=O)CC1CC1. The molecule has 1 aliphatic heterocycles. The van der Waals surface area contributed by atoms with Gasteiger partial charge in [0.15, 0.2) is 0 Å². The van der Waals surface area contributed by atoms with Crippen molar-refractivity contribution in [1.82, 2.24) is 25.8 Å². The van der Waals surface area contributed by atoms with E-state index in [0.29, 0.717) is 38.1 Å². The van der Waals surface area contributed by atoms with Crippen molar-refractivity contribution >= 4 is 29.5 Å². The van der Waals surface area contributed by atoms with Crippen molar-refractivity contribution in [3.63, 3.8) is 0 Å². The maximum atomic E-state index is 14.0. The van der Waals surface area contributed by atoms with Crippen LogP contribution in [0.25, 0.3) is 0 Å². The van der Waals surface area contributed by atoms with E-state index in [4.69, 9.17) is 5.73 Å². The zero-order chi connectivity index (χ0) is 31.2. The first-order valence-corrected chi connectivity index (χ1v) is 15.8. The Morgan fingerprint density at radius 1 is 1.02 bits per heavy atom. The van der Waals surface area contributed by atoms with E-state index >= 15 is 0 Å².